The van der Waals surface area contributed by atoms with Crippen LogP contribution in [0.25, 0.3) is 0 Å². The van der Waals surface area contributed by atoms with Crippen LogP contribution in [-0.2, 0) is 13.0 Å². The molecule has 0 fully saturated rings. The maximum absolute atomic E-state index is 13.8. The van der Waals surface area contributed by atoms with E-state index >= 15 is 0 Å². The monoisotopic (exact) mass is 281 g/mol. The van der Waals surface area contributed by atoms with Gasteiger partial charge in [0, 0.05) is 18.8 Å². The molecule has 1 heterocycles. The second kappa shape index (κ2) is 5.84. The highest BCUT2D eigenvalue weighted by Gasteiger charge is 2.12. The van der Waals surface area contributed by atoms with Gasteiger partial charge in [-0.1, -0.05) is 18.2 Å². The SMILES string of the molecule is N#Cc1ccc(NCc2cccc3c2NCCC3)c(F)c1. The van der Waals surface area contributed by atoms with Crippen LogP contribution in [0.15, 0.2) is 36.4 Å². The number of nitriles is 1. The Bertz CT molecular complexity index is 704. The van der Waals surface area contributed by atoms with Crippen LogP contribution in [0.2, 0.25) is 0 Å². The zero-order chi connectivity index (χ0) is 14.7. The van der Waals surface area contributed by atoms with E-state index in [9.17, 15) is 4.39 Å². The molecule has 2 aromatic rings. The van der Waals surface area contributed by atoms with Crippen LogP contribution >= 0.6 is 0 Å². The van der Waals surface area contributed by atoms with Gasteiger partial charge in [-0.3, -0.25) is 0 Å². The fraction of sp³-hybridized carbons (Fsp3) is 0.235. The van der Waals surface area contributed by atoms with Crippen LogP contribution in [0.1, 0.15) is 23.1 Å². The zero-order valence-electron chi connectivity index (χ0n) is 11.6. The van der Waals surface area contributed by atoms with Crippen molar-refractivity contribution in [2.75, 3.05) is 17.2 Å². The Morgan fingerprint density at radius 1 is 1.29 bits per heavy atom. The molecule has 3 nitrogen and oxygen atoms in total. The summed E-state index contributed by atoms with van der Waals surface area (Å²) in [5, 5.41) is 15.3. The third kappa shape index (κ3) is 2.82. The maximum Gasteiger partial charge on any atom is 0.147 e. The highest BCUT2D eigenvalue weighted by atomic mass is 19.1. The molecule has 2 N–H and O–H groups in total. The van der Waals surface area contributed by atoms with Gasteiger partial charge in [-0.2, -0.15) is 5.26 Å². The van der Waals surface area contributed by atoms with Gasteiger partial charge in [0.05, 0.1) is 17.3 Å². The van der Waals surface area contributed by atoms with Crippen molar-refractivity contribution in [1.82, 2.24) is 0 Å². The van der Waals surface area contributed by atoms with E-state index in [1.54, 1.807) is 12.1 Å². The van der Waals surface area contributed by atoms with Gasteiger partial charge in [0.1, 0.15) is 5.82 Å². The molecule has 0 radical (unpaired) electrons. The van der Waals surface area contributed by atoms with E-state index in [4.69, 9.17) is 5.26 Å². The van der Waals surface area contributed by atoms with Crippen molar-refractivity contribution >= 4 is 11.4 Å². The quantitative estimate of drug-likeness (QED) is 0.902. The molecule has 4 heteroatoms. The van der Waals surface area contributed by atoms with E-state index in [0.29, 0.717) is 17.8 Å². The molecule has 0 spiro atoms. The molecule has 1 aliphatic heterocycles. The minimum atomic E-state index is -0.396. The lowest BCUT2D eigenvalue weighted by molar-refractivity contribution is 0.629. The van der Waals surface area contributed by atoms with Gasteiger partial charge in [-0.25, -0.2) is 4.39 Å². The van der Waals surface area contributed by atoms with Crippen molar-refractivity contribution in [3.8, 4) is 6.07 Å². The standard InChI is InChI=1S/C17H16FN3/c18-15-9-12(10-19)6-7-16(15)21-11-14-4-1-3-13-5-2-8-20-17(13)14/h1,3-4,6-7,9,20-21H,2,5,8,11H2. The molecule has 0 bridgehead atoms. The van der Waals surface area contributed by atoms with E-state index in [1.165, 1.54) is 17.3 Å². The highest BCUT2D eigenvalue weighted by Crippen LogP contribution is 2.27. The number of hydrogen-bond donors (Lipinski definition) is 2. The molecule has 0 unspecified atom stereocenters. The molecule has 3 rings (SSSR count). The summed E-state index contributed by atoms with van der Waals surface area (Å²) in [5.41, 5.74) is 4.38. The van der Waals surface area contributed by atoms with Crippen molar-refractivity contribution < 1.29 is 4.39 Å². The first kappa shape index (κ1) is 13.4. The van der Waals surface area contributed by atoms with Crippen molar-refractivity contribution in [3.63, 3.8) is 0 Å². The van der Waals surface area contributed by atoms with Gasteiger partial charge >= 0.3 is 0 Å². The molecule has 2 aromatic carbocycles. The topological polar surface area (TPSA) is 47.9 Å². The number of hydrogen-bond acceptors (Lipinski definition) is 3. The lowest BCUT2D eigenvalue weighted by Crippen LogP contribution is -2.15. The second-order valence-electron chi connectivity index (χ2n) is 5.14. The van der Waals surface area contributed by atoms with Crippen molar-refractivity contribution in [2.24, 2.45) is 0 Å². The number of aryl methyl sites for hydroxylation is 1. The summed E-state index contributed by atoms with van der Waals surface area (Å²) in [4.78, 5) is 0. The molecule has 0 aliphatic carbocycles. The van der Waals surface area contributed by atoms with Gasteiger partial charge in [0.25, 0.3) is 0 Å². The number of para-hydroxylation sites is 1. The van der Waals surface area contributed by atoms with Crippen LogP contribution in [0.4, 0.5) is 15.8 Å². The normalized spacial score (nSPS) is 13.0. The van der Waals surface area contributed by atoms with Gasteiger partial charge in [0.2, 0.25) is 0 Å². The van der Waals surface area contributed by atoms with Crippen molar-refractivity contribution in [1.29, 1.82) is 5.26 Å². The van der Waals surface area contributed by atoms with Gasteiger partial charge in [0.15, 0.2) is 0 Å². The first-order valence-corrected chi connectivity index (χ1v) is 7.06. The number of nitrogens with zero attached hydrogens (tertiary/aromatic N) is 1. The van der Waals surface area contributed by atoms with E-state index < -0.39 is 5.82 Å². The van der Waals surface area contributed by atoms with E-state index in [-0.39, 0.29) is 0 Å². The lowest BCUT2D eigenvalue weighted by Gasteiger charge is -2.21. The summed E-state index contributed by atoms with van der Waals surface area (Å²) in [6, 6.07) is 12.6. The fourth-order valence-corrected chi connectivity index (χ4v) is 2.65. The molecule has 21 heavy (non-hydrogen) atoms. The van der Waals surface area contributed by atoms with E-state index in [2.05, 4.69) is 16.7 Å². The summed E-state index contributed by atoms with van der Waals surface area (Å²) in [6.45, 7) is 1.54. The van der Waals surface area contributed by atoms with Crippen LogP contribution in [0.5, 0.6) is 0 Å². The Hall–Kier alpha value is -2.54. The lowest BCUT2D eigenvalue weighted by atomic mass is 9.99. The van der Waals surface area contributed by atoms with Gasteiger partial charge in [-0.05, 0) is 42.2 Å². The fourth-order valence-electron chi connectivity index (χ4n) is 2.65. The van der Waals surface area contributed by atoms with Crippen LogP contribution < -0.4 is 10.6 Å². The third-order valence-electron chi connectivity index (χ3n) is 3.73. The van der Waals surface area contributed by atoms with Gasteiger partial charge in [-0.15, -0.1) is 0 Å². The summed E-state index contributed by atoms with van der Waals surface area (Å²) in [6.07, 6.45) is 2.23. The summed E-state index contributed by atoms with van der Waals surface area (Å²) >= 11 is 0. The number of rotatable bonds is 3. The molecular formula is C17H16FN3. The molecule has 0 atom stereocenters. The van der Waals surface area contributed by atoms with Crippen molar-refractivity contribution in [2.45, 2.75) is 19.4 Å². The molecule has 106 valence electrons. The summed E-state index contributed by atoms with van der Waals surface area (Å²) in [7, 11) is 0. The van der Waals surface area contributed by atoms with Crippen LogP contribution in [0, 0.1) is 17.1 Å². The summed E-state index contributed by atoms with van der Waals surface area (Å²) < 4.78 is 13.8. The number of nitrogens with one attached hydrogen (secondary N) is 2. The Balaban J connectivity index is 1.78. The number of fused-ring (bicyclic) bond motifs is 1. The average molecular weight is 281 g/mol. The second-order valence-corrected chi connectivity index (χ2v) is 5.14. The molecule has 1 aliphatic rings. The average Bonchev–Trinajstić information content (AvgIpc) is 2.53. The minimum Gasteiger partial charge on any atom is -0.385 e. The minimum absolute atomic E-state index is 0.330. The van der Waals surface area contributed by atoms with Crippen LogP contribution in [0.3, 0.4) is 0 Å². The Morgan fingerprint density at radius 2 is 2.19 bits per heavy atom. The molecule has 0 saturated carbocycles. The van der Waals surface area contributed by atoms with E-state index in [1.807, 2.05) is 18.2 Å². The van der Waals surface area contributed by atoms with E-state index in [0.717, 1.165) is 24.9 Å². The predicted molar refractivity (Wildman–Crippen MR) is 81.7 cm³/mol. The molecule has 0 aromatic heterocycles. The zero-order valence-corrected chi connectivity index (χ0v) is 11.6. The number of anilines is 2. The Labute approximate surface area is 123 Å². The maximum atomic E-state index is 13.8. The smallest absolute Gasteiger partial charge is 0.147 e. The van der Waals surface area contributed by atoms with Crippen molar-refractivity contribution in [3.05, 3.63) is 58.9 Å². The van der Waals surface area contributed by atoms with Crippen LogP contribution in [-0.4, -0.2) is 6.54 Å². The third-order valence-corrected chi connectivity index (χ3v) is 3.73. The Morgan fingerprint density at radius 3 is 3.00 bits per heavy atom. The molecular weight excluding hydrogens is 265 g/mol. The first-order chi connectivity index (χ1) is 10.3. The number of halogens is 1. The van der Waals surface area contributed by atoms with Gasteiger partial charge < -0.3 is 10.6 Å². The largest absolute Gasteiger partial charge is 0.385 e. The molecule has 0 amide bonds. The summed E-state index contributed by atoms with van der Waals surface area (Å²) in [5.74, 6) is -0.396. The highest BCUT2D eigenvalue weighted by molar-refractivity contribution is 5.60. The first-order valence-electron chi connectivity index (χ1n) is 7.06. The Kier molecular flexibility index (Phi) is 3.74. The predicted octanol–water partition coefficient (Wildman–Crippen LogP) is 3.67. The molecule has 0 saturated heterocycles. The number of benzene rings is 2.